The summed E-state index contributed by atoms with van der Waals surface area (Å²) in [5.41, 5.74) is 9.78. The van der Waals surface area contributed by atoms with Crippen LogP contribution < -0.4 is 30.4 Å². The summed E-state index contributed by atoms with van der Waals surface area (Å²) >= 11 is 0. The molecule has 1 aliphatic heterocycles. The number of benzene rings is 2. The summed E-state index contributed by atoms with van der Waals surface area (Å²) < 4.78 is 17.1. The summed E-state index contributed by atoms with van der Waals surface area (Å²) in [7, 11) is 0. The number of carbonyl (C=O) groups is 1. The van der Waals surface area contributed by atoms with E-state index >= 15 is 0 Å². The summed E-state index contributed by atoms with van der Waals surface area (Å²) in [6.45, 7) is 11.1. The quantitative estimate of drug-likeness (QED) is 0.570. The van der Waals surface area contributed by atoms with Gasteiger partial charge in [0.05, 0.1) is 13.2 Å². The topological polar surface area (TPSA) is 80.9 Å². The molecule has 0 radical (unpaired) electrons. The zero-order valence-electron chi connectivity index (χ0n) is 19.0. The minimum absolute atomic E-state index is 0.0143. The van der Waals surface area contributed by atoms with Gasteiger partial charge in [0.1, 0.15) is 11.9 Å². The average Bonchev–Trinajstić information content (AvgIpc) is 3.10. The predicted octanol–water partition coefficient (Wildman–Crippen LogP) is 3.20. The lowest BCUT2D eigenvalue weighted by atomic mass is 9.91. The van der Waals surface area contributed by atoms with Crippen LogP contribution in [-0.4, -0.2) is 37.9 Å². The van der Waals surface area contributed by atoms with Gasteiger partial charge in [-0.3, -0.25) is 10.2 Å². The molecule has 2 aromatic carbocycles. The molecule has 0 saturated carbocycles. The molecule has 3 unspecified atom stereocenters. The maximum atomic E-state index is 12.6. The molecule has 0 aromatic heterocycles. The highest BCUT2D eigenvalue weighted by Gasteiger charge is 2.35. The van der Waals surface area contributed by atoms with Crippen LogP contribution in [0, 0.1) is 13.8 Å². The third kappa shape index (κ3) is 5.68. The van der Waals surface area contributed by atoms with Crippen LogP contribution in [0.5, 0.6) is 17.2 Å². The largest absolute Gasteiger partial charge is 0.490 e. The number of amides is 1. The third-order valence-corrected chi connectivity index (χ3v) is 5.48. The molecule has 3 atom stereocenters. The van der Waals surface area contributed by atoms with Crippen LogP contribution in [0.4, 0.5) is 0 Å². The average molecular weight is 428 g/mol. The molecule has 3 rings (SSSR count). The van der Waals surface area contributed by atoms with Gasteiger partial charge in [0.2, 0.25) is 0 Å². The maximum Gasteiger partial charge on any atom is 0.259 e. The van der Waals surface area contributed by atoms with E-state index < -0.39 is 0 Å². The van der Waals surface area contributed by atoms with Crippen molar-refractivity contribution in [1.29, 1.82) is 0 Å². The van der Waals surface area contributed by atoms with Gasteiger partial charge in [-0.05, 0) is 75.6 Å². The van der Waals surface area contributed by atoms with Crippen molar-refractivity contribution in [1.82, 2.24) is 16.2 Å². The Morgan fingerprint density at radius 2 is 1.68 bits per heavy atom. The number of rotatable bonds is 9. The van der Waals surface area contributed by atoms with Crippen molar-refractivity contribution in [2.24, 2.45) is 0 Å². The van der Waals surface area contributed by atoms with Crippen LogP contribution in [0.25, 0.3) is 0 Å². The molecule has 7 nitrogen and oxygen atoms in total. The number of aryl methyl sites for hydroxylation is 2. The summed E-state index contributed by atoms with van der Waals surface area (Å²) in [4.78, 5) is 12.6. The first-order chi connectivity index (χ1) is 14.9. The van der Waals surface area contributed by atoms with E-state index in [4.69, 9.17) is 14.2 Å². The summed E-state index contributed by atoms with van der Waals surface area (Å²) in [6.07, 6.45) is -0.279. The summed E-state index contributed by atoms with van der Waals surface area (Å²) in [6, 6.07) is 11.9. The highest BCUT2D eigenvalue weighted by atomic mass is 16.5. The Bertz CT molecular complexity index is 902. The molecule has 3 N–H and O–H groups in total. The first-order valence-corrected chi connectivity index (χ1v) is 10.8. The molecule has 1 amide bonds. The second-order valence-corrected chi connectivity index (χ2v) is 7.76. The number of hydrogen-bond acceptors (Lipinski definition) is 6. The lowest BCUT2D eigenvalue weighted by Gasteiger charge is -2.23. The Hall–Kier alpha value is -2.77. The molecule has 168 valence electrons. The van der Waals surface area contributed by atoms with E-state index in [0.717, 1.165) is 16.9 Å². The normalized spacial score (nSPS) is 20.4. The van der Waals surface area contributed by atoms with Gasteiger partial charge >= 0.3 is 0 Å². The number of ether oxygens (including phenoxy) is 3. The van der Waals surface area contributed by atoms with E-state index in [1.165, 1.54) is 5.56 Å². The van der Waals surface area contributed by atoms with E-state index in [0.29, 0.717) is 24.7 Å². The molecule has 1 fully saturated rings. The van der Waals surface area contributed by atoms with Crippen LogP contribution in [0.3, 0.4) is 0 Å². The van der Waals surface area contributed by atoms with Gasteiger partial charge in [-0.2, -0.15) is 0 Å². The smallest absolute Gasteiger partial charge is 0.259 e. The fourth-order valence-corrected chi connectivity index (χ4v) is 3.74. The van der Waals surface area contributed by atoms with Crippen LogP contribution in [0.2, 0.25) is 0 Å². The number of hydrazine groups is 1. The van der Waals surface area contributed by atoms with Gasteiger partial charge in [-0.15, -0.1) is 0 Å². The van der Waals surface area contributed by atoms with Crippen molar-refractivity contribution in [3.05, 3.63) is 53.1 Å². The molecule has 31 heavy (non-hydrogen) atoms. The first kappa shape index (κ1) is 22.9. The molecule has 0 aliphatic carbocycles. The number of hydrogen-bond donors (Lipinski definition) is 3. The van der Waals surface area contributed by atoms with Crippen LogP contribution >= 0.6 is 0 Å². The molecule has 1 saturated heterocycles. The molecule has 1 heterocycles. The molecule has 1 aliphatic rings. The van der Waals surface area contributed by atoms with Crippen LogP contribution in [-0.2, 0) is 4.79 Å². The number of carbonyl (C=O) groups excluding carboxylic acids is 1. The zero-order valence-corrected chi connectivity index (χ0v) is 19.0. The van der Waals surface area contributed by atoms with Gasteiger partial charge < -0.3 is 19.5 Å². The van der Waals surface area contributed by atoms with E-state index in [2.05, 4.69) is 23.1 Å². The lowest BCUT2D eigenvalue weighted by Crippen LogP contribution is -2.47. The standard InChI is InChI=1S/C24H33N3O4/c1-6-29-20-11-9-18(13-21(20)30-7-2)23-17(5)26-27-24(23)25-22(28)14-31-19-10-8-15(3)16(4)12-19/h8-13,17,23-24,26-27H,6-7,14H2,1-5H3,(H,25,28). The minimum atomic E-state index is -0.279. The Kier molecular flexibility index (Phi) is 7.76. The maximum absolute atomic E-state index is 12.6. The van der Waals surface area contributed by atoms with E-state index in [9.17, 15) is 4.79 Å². The third-order valence-electron chi connectivity index (χ3n) is 5.48. The van der Waals surface area contributed by atoms with Crippen molar-refractivity contribution in [2.45, 2.75) is 52.7 Å². The molecular formula is C24H33N3O4. The highest BCUT2D eigenvalue weighted by Crippen LogP contribution is 2.34. The van der Waals surface area contributed by atoms with Gasteiger partial charge in [0.15, 0.2) is 18.1 Å². The summed E-state index contributed by atoms with van der Waals surface area (Å²) in [5, 5.41) is 3.04. The molecule has 7 heteroatoms. The first-order valence-electron chi connectivity index (χ1n) is 10.8. The SMILES string of the molecule is CCOc1ccc(C2C(C)NNC2NC(=O)COc2ccc(C)c(C)c2)cc1OCC. The highest BCUT2D eigenvalue weighted by molar-refractivity contribution is 5.78. The van der Waals surface area contributed by atoms with Gasteiger partial charge in [0.25, 0.3) is 5.91 Å². The van der Waals surface area contributed by atoms with Gasteiger partial charge in [-0.25, -0.2) is 5.43 Å². The second-order valence-electron chi connectivity index (χ2n) is 7.76. The minimum Gasteiger partial charge on any atom is -0.490 e. The lowest BCUT2D eigenvalue weighted by molar-refractivity contribution is -0.124. The molecule has 0 spiro atoms. The molecule has 2 aromatic rings. The van der Waals surface area contributed by atoms with Crippen molar-refractivity contribution >= 4 is 5.91 Å². The number of nitrogens with one attached hydrogen (secondary N) is 3. The van der Waals surface area contributed by atoms with Gasteiger partial charge in [-0.1, -0.05) is 12.1 Å². The van der Waals surface area contributed by atoms with Gasteiger partial charge in [0, 0.05) is 12.0 Å². The van der Waals surface area contributed by atoms with Crippen molar-refractivity contribution < 1.29 is 19.0 Å². The Morgan fingerprint density at radius 1 is 0.935 bits per heavy atom. The Balaban J connectivity index is 1.67. The molecular weight excluding hydrogens is 394 g/mol. The van der Waals surface area contributed by atoms with E-state index in [-0.39, 0.29) is 30.6 Å². The fourth-order valence-electron chi connectivity index (χ4n) is 3.74. The Labute approximate surface area is 184 Å². The predicted molar refractivity (Wildman–Crippen MR) is 121 cm³/mol. The Morgan fingerprint density at radius 3 is 2.39 bits per heavy atom. The monoisotopic (exact) mass is 427 g/mol. The van der Waals surface area contributed by atoms with Crippen LogP contribution in [0.1, 0.15) is 43.4 Å². The summed E-state index contributed by atoms with van der Waals surface area (Å²) in [5.74, 6) is 1.95. The zero-order chi connectivity index (χ0) is 22.4. The van der Waals surface area contributed by atoms with Crippen LogP contribution in [0.15, 0.2) is 36.4 Å². The van der Waals surface area contributed by atoms with Crippen molar-refractivity contribution in [2.75, 3.05) is 19.8 Å². The van der Waals surface area contributed by atoms with E-state index in [1.54, 1.807) is 0 Å². The van der Waals surface area contributed by atoms with Crippen molar-refractivity contribution in [3.8, 4) is 17.2 Å². The molecule has 0 bridgehead atoms. The fraction of sp³-hybridized carbons (Fsp3) is 0.458. The van der Waals surface area contributed by atoms with Crippen molar-refractivity contribution in [3.63, 3.8) is 0 Å². The van der Waals surface area contributed by atoms with E-state index in [1.807, 2.05) is 64.1 Å². The second kappa shape index (κ2) is 10.5.